The van der Waals surface area contributed by atoms with E-state index in [1.807, 2.05) is 6.07 Å². The second kappa shape index (κ2) is 3.47. The fraction of sp³-hybridized carbons (Fsp3) is 0.300. The number of alkyl halides is 1. The minimum Gasteiger partial charge on any atom is -0.239 e. The van der Waals surface area contributed by atoms with E-state index in [9.17, 15) is 4.39 Å². The molecule has 1 nitrogen and oxygen atoms in total. The van der Waals surface area contributed by atoms with Gasteiger partial charge in [0.2, 0.25) is 0 Å². The Morgan fingerprint density at radius 2 is 2.08 bits per heavy atom. The molecule has 1 rings (SSSR count). The Morgan fingerprint density at radius 1 is 1.46 bits per heavy atom. The van der Waals surface area contributed by atoms with Crippen molar-refractivity contribution < 1.29 is 4.39 Å². The topological polar surface area (TPSA) is 23.8 Å². The van der Waals surface area contributed by atoms with Gasteiger partial charge in [-0.05, 0) is 26.0 Å². The molecule has 0 fully saturated rings. The lowest BCUT2D eigenvalue weighted by molar-refractivity contribution is 0.220. The van der Waals surface area contributed by atoms with Gasteiger partial charge in [-0.25, -0.2) is 4.39 Å². The predicted molar refractivity (Wildman–Crippen MR) is 53.0 cm³/mol. The molecule has 0 aliphatic carbocycles. The van der Waals surface area contributed by atoms with Crippen LogP contribution in [0.25, 0.3) is 0 Å². The first kappa shape index (κ1) is 10.2. The quantitative estimate of drug-likeness (QED) is 0.739. The summed E-state index contributed by atoms with van der Waals surface area (Å²) in [5, 5.41) is 8.59. The predicted octanol–water partition coefficient (Wildman–Crippen LogP) is 3.53. The van der Waals surface area contributed by atoms with E-state index in [1.54, 1.807) is 18.2 Å². The molecule has 0 unspecified atom stereocenters. The van der Waals surface area contributed by atoms with Crippen LogP contribution in [0.1, 0.15) is 25.0 Å². The molecule has 0 spiro atoms. The van der Waals surface area contributed by atoms with Gasteiger partial charge in [-0.2, -0.15) is 5.26 Å². The van der Waals surface area contributed by atoms with Crippen LogP contribution in [0.3, 0.4) is 0 Å². The van der Waals surface area contributed by atoms with Gasteiger partial charge < -0.3 is 0 Å². The van der Waals surface area contributed by atoms with Gasteiger partial charge in [0, 0.05) is 10.0 Å². The van der Waals surface area contributed by atoms with Gasteiger partial charge in [0.15, 0.2) is 0 Å². The van der Waals surface area contributed by atoms with E-state index in [0.717, 1.165) is 0 Å². The lowest BCUT2D eigenvalue weighted by Gasteiger charge is -2.16. The summed E-state index contributed by atoms with van der Waals surface area (Å²) in [4.78, 5) is 0. The second-order valence-corrected chi connectivity index (χ2v) is 4.13. The largest absolute Gasteiger partial charge is 0.239 e. The molecule has 0 bridgehead atoms. The Kier molecular flexibility index (Phi) is 2.72. The highest BCUT2D eigenvalue weighted by Gasteiger charge is 2.21. The molecule has 0 amide bonds. The van der Waals surface area contributed by atoms with Crippen molar-refractivity contribution in [1.29, 1.82) is 5.26 Å². The van der Waals surface area contributed by atoms with Crippen molar-refractivity contribution in [2.24, 2.45) is 0 Å². The minimum absolute atomic E-state index is 0.528. The maximum Gasteiger partial charge on any atom is 0.131 e. The van der Waals surface area contributed by atoms with Crippen LogP contribution in [0.2, 0.25) is 0 Å². The van der Waals surface area contributed by atoms with Gasteiger partial charge in [0.05, 0.1) is 11.6 Å². The van der Waals surface area contributed by atoms with Crippen LogP contribution in [0.5, 0.6) is 0 Å². The van der Waals surface area contributed by atoms with E-state index in [-0.39, 0.29) is 0 Å². The maximum atomic E-state index is 13.5. The maximum absolute atomic E-state index is 13.5. The van der Waals surface area contributed by atoms with E-state index >= 15 is 0 Å². The van der Waals surface area contributed by atoms with E-state index in [2.05, 4.69) is 15.9 Å². The van der Waals surface area contributed by atoms with Crippen molar-refractivity contribution in [2.75, 3.05) is 0 Å². The zero-order valence-electron chi connectivity index (χ0n) is 7.44. The Labute approximate surface area is 85.3 Å². The molecule has 0 N–H and O–H groups in total. The highest BCUT2D eigenvalue weighted by atomic mass is 79.9. The summed E-state index contributed by atoms with van der Waals surface area (Å²) in [5.41, 5.74) is -0.293. The standard InChI is InChI=1S/C10H9BrFN/c1-10(2,12)8-4-3-7(6-13)5-9(8)11/h3-5H,1-2H3. The van der Waals surface area contributed by atoms with Gasteiger partial charge in [0.1, 0.15) is 5.67 Å². The Balaban J connectivity index is 3.23. The summed E-state index contributed by atoms with van der Waals surface area (Å²) in [5.74, 6) is 0. The Hall–Kier alpha value is -0.880. The Morgan fingerprint density at radius 3 is 2.46 bits per heavy atom. The van der Waals surface area contributed by atoms with Gasteiger partial charge in [-0.1, -0.05) is 22.0 Å². The third-order valence-corrected chi connectivity index (χ3v) is 2.39. The molecule has 0 saturated carbocycles. The Bertz CT molecular complexity index is 360. The molecule has 1 aromatic rings. The van der Waals surface area contributed by atoms with Crippen LogP contribution < -0.4 is 0 Å². The number of halogens is 2. The molecule has 0 aliphatic heterocycles. The van der Waals surface area contributed by atoms with Crippen LogP contribution in [-0.2, 0) is 5.67 Å². The van der Waals surface area contributed by atoms with Crippen LogP contribution in [0.15, 0.2) is 22.7 Å². The summed E-state index contributed by atoms with van der Waals surface area (Å²) in [7, 11) is 0. The molecule has 0 heterocycles. The number of hydrogen-bond acceptors (Lipinski definition) is 1. The number of nitrogens with zero attached hydrogens (tertiary/aromatic N) is 1. The lowest BCUT2D eigenvalue weighted by atomic mass is 9.99. The summed E-state index contributed by atoms with van der Waals surface area (Å²) in [6.07, 6.45) is 0. The molecule has 1 aromatic carbocycles. The first-order valence-corrected chi connectivity index (χ1v) is 4.63. The minimum atomic E-state index is -1.38. The summed E-state index contributed by atoms with van der Waals surface area (Å²) in [6, 6.07) is 6.86. The van der Waals surface area contributed by atoms with E-state index in [1.165, 1.54) is 13.8 Å². The molecular formula is C10H9BrFN. The number of nitriles is 1. The lowest BCUT2D eigenvalue weighted by Crippen LogP contribution is -2.09. The molecule has 0 aliphatic rings. The summed E-state index contributed by atoms with van der Waals surface area (Å²) >= 11 is 3.23. The van der Waals surface area contributed by atoms with Crippen molar-refractivity contribution in [3.8, 4) is 6.07 Å². The van der Waals surface area contributed by atoms with E-state index in [4.69, 9.17) is 5.26 Å². The smallest absolute Gasteiger partial charge is 0.131 e. The second-order valence-electron chi connectivity index (χ2n) is 3.28. The van der Waals surface area contributed by atoms with Crippen LogP contribution in [0, 0.1) is 11.3 Å². The number of benzene rings is 1. The third kappa shape index (κ3) is 2.28. The first-order valence-electron chi connectivity index (χ1n) is 3.84. The molecule has 13 heavy (non-hydrogen) atoms. The molecular weight excluding hydrogens is 233 g/mol. The zero-order valence-corrected chi connectivity index (χ0v) is 9.02. The molecule has 0 aromatic heterocycles. The van der Waals surface area contributed by atoms with Gasteiger partial charge in [-0.3, -0.25) is 0 Å². The third-order valence-electron chi connectivity index (χ3n) is 1.74. The molecule has 0 saturated heterocycles. The van der Waals surface area contributed by atoms with Crippen molar-refractivity contribution >= 4 is 15.9 Å². The van der Waals surface area contributed by atoms with Gasteiger partial charge in [0.25, 0.3) is 0 Å². The fourth-order valence-corrected chi connectivity index (χ4v) is 1.92. The SMILES string of the molecule is CC(C)(F)c1ccc(C#N)cc1Br. The molecule has 3 heteroatoms. The van der Waals surface area contributed by atoms with Crippen molar-refractivity contribution in [2.45, 2.75) is 19.5 Å². The molecule has 0 atom stereocenters. The molecule has 0 radical (unpaired) electrons. The van der Waals surface area contributed by atoms with Crippen LogP contribution in [0.4, 0.5) is 4.39 Å². The van der Waals surface area contributed by atoms with Crippen molar-refractivity contribution in [3.05, 3.63) is 33.8 Å². The van der Waals surface area contributed by atoms with Crippen LogP contribution in [-0.4, -0.2) is 0 Å². The van der Waals surface area contributed by atoms with E-state index < -0.39 is 5.67 Å². The number of hydrogen-bond donors (Lipinski definition) is 0. The highest BCUT2D eigenvalue weighted by Crippen LogP contribution is 2.31. The number of rotatable bonds is 1. The van der Waals surface area contributed by atoms with Gasteiger partial charge >= 0.3 is 0 Å². The fourth-order valence-electron chi connectivity index (χ4n) is 1.07. The van der Waals surface area contributed by atoms with Crippen molar-refractivity contribution in [3.63, 3.8) is 0 Å². The zero-order chi connectivity index (χ0) is 10.1. The van der Waals surface area contributed by atoms with Crippen LogP contribution >= 0.6 is 15.9 Å². The summed E-state index contributed by atoms with van der Waals surface area (Å²) < 4.78 is 14.1. The average Bonchev–Trinajstić information content (AvgIpc) is 2.01. The first-order chi connectivity index (χ1) is 5.95. The highest BCUT2D eigenvalue weighted by molar-refractivity contribution is 9.10. The summed E-state index contributed by atoms with van der Waals surface area (Å²) in [6.45, 7) is 2.97. The monoisotopic (exact) mass is 241 g/mol. The molecule has 68 valence electrons. The average molecular weight is 242 g/mol. The normalized spacial score (nSPS) is 11.0. The van der Waals surface area contributed by atoms with Crippen molar-refractivity contribution in [1.82, 2.24) is 0 Å². The van der Waals surface area contributed by atoms with Gasteiger partial charge in [-0.15, -0.1) is 0 Å². The van der Waals surface area contributed by atoms with E-state index in [0.29, 0.717) is 15.6 Å².